The number of benzene rings is 1. The van der Waals surface area contributed by atoms with Crippen LogP contribution in [-0.2, 0) is 11.2 Å². The van der Waals surface area contributed by atoms with Crippen LogP contribution in [0.2, 0.25) is 0 Å². The summed E-state index contributed by atoms with van der Waals surface area (Å²) in [5, 5.41) is 9.19. The minimum absolute atomic E-state index is 0.349. The van der Waals surface area contributed by atoms with E-state index in [1.54, 1.807) is 7.11 Å². The van der Waals surface area contributed by atoms with Gasteiger partial charge in [-0.05, 0) is 30.5 Å². The zero-order chi connectivity index (χ0) is 11.3. The van der Waals surface area contributed by atoms with Crippen molar-refractivity contribution < 1.29 is 14.6 Å². The van der Waals surface area contributed by atoms with Gasteiger partial charge in [-0.25, -0.2) is 0 Å². The Morgan fingerprint density at radius 2 is 2.07 bits per heavy atom. The van der Waals surface area contributed by atoms with Crippen LogP contribution in [-0.4, -0.2) is 24.2 Å². The Kier molecular flexibility index (Phi) is 4.12. The number of primary amides is 1. The van der Waals surface area contributed by atoms with Gasteiger partial charge in [0.05, 0.1) is 7.11 Å². The van der Waals surface area contributed by atoms with Gasteiger partial charge in [-0.3, -0.25) is 4.79 Å². The van der Waals surface area contributed by atoms with Crippen molar-refractivity contribution in [2.24, 2.45) is 5.73 Å². The van der Waals surface area contributed by atoms with E-state index in [-0.39, 0.29) is 0 Å². The smallest absolute Gasteiger partial charge is 0.246 e. The minimum atomic E-state index is -1.06. The Labute approximate surface area is 88.7 Å². The molecule has 1 rings (SSSR count). The summed E-state index contributed by atoms with van der Waals surface area (Å²) in [6.45, 7) is 0. The summed E-state index contributed by atoms with van der Waals surface area (Å²) in [6.07, 6.45) is -0.0948. The molecule has 1 amide bonds. The number of hydrogen-bond acceptors (Lipinski definition) is 3. The predicted molar refractivity (Wildman–Crippen MR) is 56.5 cm³/mol. The number of methoxy groups -OCH3 is 1. The highest BCUT2D eigenvalue weighted by molar-refractivity contribution is 5.78. The maximum Gasteiger partial charge on any atom is 0.246 e. The van der Waals surface area contributed by atoms with Crippen LogP contribution < -0.4 is 10.5 Å². The Balaban J connectivity index is 2.47. The first kappa shape index (κ1) is 11.5. The van der Waals surface area contributed by atoms with E-state index in [2.05, 4.69) is 0 Å². The molecule has 1 aromatic rings. The van der Waals surface area contributed by atoms with Gasteiger partial charge in [0, 0.05) is 0 Å². The first-order valence-electron chi connectivity index (χ1n) is 4.74. The number of nitrogens with two attached hydrogens (primary N) is 1. The number of rotatable bonds is 5. The molecule has 15 heavy (non-hydrogen) atoms. The average molecular weight is 209 g/mol. The van der Waals surface area contributed by atoms with Crippen molar-refractivity contribution in [2.75, 3.05) is 7.11 Å². The van der Waals surface area contributed by atoms with Gasteiger partial charge in [-0.2, -0.15) is 0 Å². The van der Waals surface area contributed by atoms with Crippen molar-refractivity contribution in [1.82, 2.24) is 0 Å². The summed E-state index contributed by atoms with van der Waals surface area (Å²) >= 11 is 0. The van der Waals surface area contributed by atoms with Crippen molar-refractivity contribution in [3.8, 4) is 5.75 Å². The molecular weight excluding hydrogens is 194 g/mol. The zero-order valence-electron chi connectivity index (χ0n) is 8.64. The lowest BCUT2D eigenvalue weighted by Gasteiger charge is -2.06. The van der Waals surface area contributed by atoms with E-state index in [0.29, 0.717) is 12.8 Å². The molecule has 4 nitrogen and oxygen atoms in total. The van der Waals surface area contributed by atoms with E-state index in [0.717, 1.165) is 11.3 Å². The second-order valence-electron chi connectivity index (χ2n) is 3.30. The normalized spacial score (nSPS) is 12.1. The van der Waals surface area contributed by atoms with Gasteiger partial charge in [-0.1, -0.05) is 12.1 Å². The maximum atomic E-state index is 10.6. The standard InChI is InChI=1S/C11H15NO3/c1-15-9-5-2-8(3-6-9)4-7-10(13)11(12)14/h2-3,5-6,10,13H,4,7H2,1H3,(H2,12,14). The SMILES string of the molecule is COc1ccc(CCC(O)C(N)=O)cc1. The van der Waals surface area contributed by atoms with Gasteiger partial charge in [-0.15, -0.1) is 0 Å². The molecule has 0 aliphatic rings. The molecule has 0 radical (unpaired) electrons. The second-order valence-corrected chi connectivity index (χ2v) is 3.30. The fraction of sp³-hybridized carbons (Fsp3) is 0.364. The number of amides is 1. The third-order valence-corrected chi connectivity index (χ3v) is 2.19. The van der Waals surface area contributed by atoms with Gasteiger partial charge in [0.25, 0.3) is 0 Å². The molecule has 0 heterocycles. The summed E-state index contributed by atoms with van der Waals surface area (Å²) < 4.78 is 5.01. The number of carbonyl (C=O) groups is 1. The third-order valence-electron chi connectivity index (χ3n) is 2.19. The number of aliphatic hydroxyl groups excluding tert-OH is 1. The van der Waals surface area contributed by atoms with Crippen LogP contribution in [0.3, 0.4) is 0 Å². The monoisotopic (exact) mass is 209 g/mol. The molecule has 0 spiro atoms. The van der Waals surface area contributed by atoms with Crippen molar-refractivity contribution in [3.05, 3.63) is 29.8 Å². The summed E-state index contributed by atoms with van der Waals surface area (Å²) in [5.41, 5.74) is 5.97. The Morgan fingerprint density at radius 1 is 1.47 bits per heavy atom. The van der Waals surface area contributed by atoms with E-state index < -0.39 is 12.0 Å². The Morgan fingerprint density at radius 3 is 2.53 bits per heavy atom. The summed E-state index contributed by atoms with van der Waals surface area (Å²) in [7, 11) is 1.60. The lowest BCUT2D eigenvalue weighted by atomic mass is 10.1. The molecule has 4 heteroatoms. The summed E-state index contributed by atoms with van der Waals surface area (Å²) in [4.78, 5) is 10.6. The lowest BCUT2D eigenvalue weighted by molar-refractivity contribution is -0.126. The molecule has 0 aliphatic heterocycles. The zero-order valence-corrected chi connectivity index (χ0v) is 8.64. The molecule has 3 N–H and O–H groups in total. The molecule has 1 unspecified atom stereocenters. The van der Waals surface area contributed by atoms with Gasteiger partial charge in [0.15, 0.2) is 0 Å². The fourth-order valence-electron chi connectivity index (χ4n) is 1.24. The van der Waals surface area contributed by atoms with Crippen molar-refractivity contribution in [1.29, 1.82) is 0 Å². The van der Waals surface area contributed by atoms with Gasteiger partial charge >= 0.3 is 0 Å². The minimum Gasteiger partial charge on any atom is -0.497 e. The molecule has 0 saturated carbocycles. The van der Waals surface area contributed by atoms with Gasteiger partial charge in [0.1, 0.15) is 11.9 Å². The average Bonchev–Trinajstić information content (AvgIpc) is 2.26. The van der Waals surface area contributed by atoms with E-state index in [4.69, 9.17) is 10.5 Å². The first-order valence-corrected chi connectivity index (χ1v) is 4.74. The predicted octanol–water partition coefficient (Wildman–Crippen LogP) is 0.474. The lowest BCUT2D eigenvalue weighted by Crippen LogP contribution is -2.28. The molecule has 0 saturated heterocycles. The largest absolute Gasteiger partial charge is 0.497 e. The third kappa shape index (κ3) is 3.59. The molecule has 1 aromatic carbocycles. The number of carbonyl (C=O) groups excluding carboxylic acids is 1. The molecule has 1 atom stereocenters. The number of ether oxygens (including phenoxy) is 1. The Bertz CT molecular complexity index is 321. The summed E-state index contributed by atoms with van der Waals surface area (Å²) in [5.74, 6) is 0.109. The quantitative estimate of drug-likeness (QED) is 0.740. The number of aliphatic hydroxyl groups is 1. The van der Waals surface area contributed by atoms with E-state index in [1.807, 2.05) is 24.3 Å². The van der Waals surface area contributed by atoms with E-state index in [1.165, 1.54) is 0 Å². The highest BCUT2D eigenvalue weighted by Gasteiger charge is 2.10. The fourth-order valence-corrected chi connectivity index (χ4v) is 1.24. The second kappa shape index (κ2) is 5.36. The molecule has 0 aliphatic carbocycles. The summed E-state index contributed by atoms with van der Waals surface area (Å²) in [6, 6.07) is 7.47. The van der Waals surface area contributed by atoms with Crippen LogP contribution in [0.15, 0.2) is 24.3 Å². The molecule has 0 aromatic heterocycles. The Hall–Kier alpha value is -1.55. The van der Waals surface area contributed by atoms with Crippen LogP contribution in [0.5, 0.6) is 5.75 Å². The molecular formula is C11H15NO3. The van der Waals surface area contributed by atoms with Crippen molar-refractivity contribution in [3.63, 3.8) is 0 Å². The topological polar surface area (TPSA) is 72.6 Å². The molecule has 0 fully saturated rings. The maximum absolute atomic E-state index is 10.6. The molecule has 82 valence electrons. The van der Waals surface area contributed by atoms with Crippen molar-refractivity contribution in [2.45, 2.75) is 18.9 Å². The van der Waals surface area contributed by atoms with Crippen LogP contribution in [0, 0.1) is 0 Å². The van der Waals surface area contributed by atoms with Crippen LogP contribution in [0.4, 0.5) is 0 Å². The van der Waals surface area contributed by atoms with Crippen molar-refractivity contribution >= 4 is 5.91 Å². The van der Waals surface area contributed by atoms with Crippen LogP contribution in [0.1, 0.15) is 12.0 Å². The number of aryl methyl sites for hydroxylation is 1. The van der Waals surface area contributed by atoms with Gasteiger partial charge < -0.3 is 15.6 Å². The molecule has 0 bridgehead atoms. The van der Waals surface area contributed by atoms with E-state index in [9.17, 15) is 9.90 Å². The number of hydrogen-bond donors (Lipinski definition) is 2. The van der Waals surface area contributed by atoms with E-state index >= 15 is 0 Å². The van der Waals surface area contributed by atoms with Gasteiger partial charge in [0.2, 0.25) is 5.91 Å². The highest BCUT2D eigenvalue weighted by Crippen LogP contribution is 2.13. The van der Waals surface area contributed by atoms with Crippen LogP contribution >= 0.6 is 0 Å². The first-order chi connectivity index (χ1) is 7.13. The highest BCUT2D eigenvalue weighted by atomic mass is 16.5. The van der Waals surface area contributed by atoms with Crippen LogP contribution in [0.25, 0.3) is 0 Å².